The highest BCUT2D eigenvalue weighted by Crippen LogP contribution is 2.30. The number of carbonyl (C=O) groups excluding carboxylic acids is 1. The van der Waals surface area contributed by atoms with E-state index in [0.717, 1.165) is 12.0 Å². The molecule has 0 bridgehead atoms. The van der Waals surface area contributed by atoms with Gasteiger partial charge in [0.15, 0.2) is 11.5 Å². The van der Waals surface area contributed by atoms with Crippen molar-refractivity contribution < 1.29 is 19.4 Å². The lowest BCUT2D eigenvalue weighted by atomic mass is 9.96. The van der Waals surface area contributed by atoms with Crippen molar-refractivity contribution in [2.45, 2.75) is 25.4 Å². The summed E-state index contributed by atoms with van der Waals surface area (Å²) in [6, 6.07) is 15.1. The molecule has 0 aliphatic heterocycles. The quantitative estimate of drug-likeness (QED) is 0.773. The van der Waals surface area contributed by atoms with E-state index < -0.39 is 5.60 Å². The topological polar surface area (TPSA) is 67.8 Å². The van der Waals surface area contributed by atoms with Crippen LogP contribution >= 0.6 is 0 Å². The van der Waals surface area contributed by atoms with Crippen LogP contribution in [-0.4, -0.2) is 37.4 Å². The highest BCUT2D eigenvalue weighted by molar-refractivity contribution is 5.97. The van der Waals surface area contributed by atoms with Crippen molar-refractivity contribution in [3.05, 3.63) is 59.7 Å². The van der Waals surface area contributed by atoms with Crippen LogP contribution in [0.15, 0.2) is 48.5 Å². The molecule has 0 radical (unpaired) electrons. The number of rotatable bonds is 8. The van der Waals surface area contributed by atoms with Crippen LogP contribution in [0.3, 0.4) is 0 Å². The molecule has 1 amide bonds. The van der Waals surface area contributed by atoms with Crippen molar-refractivity contribution >= 4 is 5.91 Å². The van der Waals surface area contributed by atoms with E-state index in [1.165, 1.54) is 14.2 Å². The first kappa shape index (κ1) is 18.8. The Balaban J connectivity index is 1.96. The predicted molar refractivity (Wildman–Crippen MR) is 97.3 cm³/mol. The first-order valence-electron chi connectivity index (χ1n) is 8.22. The molecule has 0 spiro atoms. The zero-order valence-electron chi connectivity index (χ0n) is 14.9. The number of methoxy groups -OCH3 is 2. The lowest BCUT2D eigenvalue weighted by Gasteiger charge is -2.24. The minimum absolute atomic E-state index is 0.152. The molecular weight excluding hydrogens is 318 g/mol. The summed E-state index contributed by atoms with van der Waals surface area (Å²) in [5.41, 5.74) is 0.529. The molecule has 2 aromatic rings. The Bertz CT molecular complexity index is 698. The average Bonchev–Trinajstić information content (AvgIpc) is 2.64. The van der Waals surface area contributed by atoms with E-state index in [-0.39, 0.29) is 12.5 Å². The number of para-hydroxylation sites is 1. The number of aryl methyl sites for hydroxylation is 1. The highest BCUT2D eigenvalue weighted by Gasteiger charge is 2.23. The van der Waals surface area contributed by atoms with Gasteiger partial charge in [0.05, 0.1) is 25.4 Å². The van der Waals surface area contributed by atoms with Crippen LogP contribution in [0.4, 0.5) is 0 Å². The van der Waals surface area contributed by atoms with Crippen LogP contribution in [-0.2, 0) is 6.42 Å². The third-order valence-electron chi connectivity index (χ3n) is 4.07. The summed E-state index contributed by atoms with van der Waals surface area (Å²) in [7, 11) is 3.01. The molecule has 1 atom stereocenters. The normalized spacial score (nSPS) is 13.0. The Morgan fingerprint density at radius 3 is 2.44 bits per heavy atom. The molecule has 0 aliphatic carbocycles. The Morgan fingerprint density at radius 1 is 1.08 bits per heavy atom. The summed E-state index contributed by atoms with van der Waals surface area (Å²) in [6.45, 7) is 1.87. The van der Waals surface area contributed by atoms with Crippen molar-refractivity contribution in [2.24, 2.45) is 0 Å². The van der Waals surface area contributed by atoms with Crippen molar-refractivity contribution in [3.63, 3.8) is 0 Å². The summed E-state index contributed by atoms with van der Waals surface area (Å²) < 4.78 is 10.5. The van der Waals surface area contributed by atoms with Gasteiger partial charge in [-0.05, 0) is 37.5 Å². The fourth-order valence-electron chi connectivity index (χ4n) is 2.58. The van der Waals surface area contributed by atoms with Gasteiger partial charge < -0.3 is 19.9 Å². The molecule has 134 valence electrons. The van der Waals surface area contributed by atoms with Gasteiger partial charge in [-0.25, -0.2) is 0 Å². The van der Waals surface area contributed by atoms with Gasteiger partial charge in [-0.1, -0.05) is 36.4 Å². The molecule has 0 aromatic heterocycles. The Kier molecular flexibility index (Phi) is 6.42. The third kappa shape index (κ3) is 5.22. The van der Waals surface area contributed by atoms with Crippen molar-refractivity contribution in [2.75, 3.05) is 20.8 Å². The second-order valence-electron chi connectivity index (χ2n) is 6.21. The van der Waals surface area contributed by atoms with E-state index in [1.807, 2.05) is 30.3 Å². The van der Waals surface area contributed by atoms with Crippen LogP contribution in [0.25, 0.3) is 0 Å². The second kappa shape index (κ2) is 8.53. The largest absolute Gasteiger partial charge is 0.493 e. The molecule has 2 aromatic carbocycles. The third-order valence-corrected chi connectivity index (χ3v) is 4.07. The van der Waals surface area contributed by atoms with E-state index in [4.69, 9.17) is 9.47 Å². The van der Waals surface area contributed by atoms with Gasteiger partial charge in [-0.2, -0.15) is 0 Å². The fourth-order valence-corrected chi connectivity index (χ4v) is 2.58. The standard InChI is InChI=1S/C20H25NO4/c1-20(23,13-12-15-8-5-4-6-9-15)14-21-19(22)16-10-7-11-17(24-2)18(16)25-3/h4-11,23H,12-14H2,1-3H3,(H,21,22). The smallest absolute Gasteiger partial charge is 0.255 e. The summed E-state index contributed by atoms with van der Waals surface area (Å²) in [4.78, 5) is 12.5. The summed E-state index contributed by atoms with van der Waals surface area (Å²) >= 11 is 0. The Morgan fingerprint density at radius 2 is 1.80 bits per heavy atom. The maximum absolute atomic E-state index is 12.5. The molecule has 0 aliphatic rings. The number of nitrogens with one attached hydrogen (secondary N) is 1. The van der Waals surface area contributed by atoms with Crippen LogP contribution < -0.4 is 14.8 Å². The molecular formula is C20H25NO4. The van der Waals surface area contributed by atoms with Crippen molar-refractivity contribution in [1.82, 2.24) is 5.32 Å². The Labute approximate surface area is 148 Å². The molecule has 0 fully saturated rings. The van der Waals surface area contributed by atoms with Crippen molar-refractivity contribution in [1.29, 1.82) is 0 Å². The minimum atomic E-state index is -1.00. The molecule has 1 unspecified atom stereocenters. The van der Waals surface area contributed by atoms with Crippen LogP contribution in [0.5, 0.6) is 11.5 Å². The van der Waals surface area contributed by atoms with E-state index in [2.05, 4.69) is 5.32 Å². The number of aliphatic hydroxyl groups is 1. The summed E-state index contributed by atoms with van der Waals surface area (Å²) in [5, 5.41) is 13.3. The van der Waals surface area contributed by atoms with E-state index in [1.54, 1.807) is 25.1 Å². The number of hydrogen-bond acceptors (Lipinski definition) is 4. The first-order valence-corrected chi connectivity index (χ1v) is 8.22. The number of ether oxygens (including phenoxy) is 2. The fraction of sp³-hybridized carbons (Fsp3) is 0.350. The van der Waals surface area contributed by atoms with Gasteiger partial charge in [0, 0.05) is 6.54 Å². The predicted octanol–water partition coefficient (Wildman–Crippen LogP) is 2.82. The number of benzene rings is 2. The van der Waals surface area contributed by atoms with E-state index in [9.17, 15) is 9.90 Å². The lowest BCUT2D eigenvalue weighted by molar-refractivity contribution is 0.0477. The second-order valence-corrected chi connectivity index (χ2v) is 6.21. The summed E-state index contributed by atoms with van der Waals surface area (Å²) in [6.07, 6.45) is 1.29. The van der Waals surface area contributed by atoms with Crippen LogP contribution in [0.1, 0.15) is 29.3 Å². The maximum Gasteiger partial charge on any atom is 0.255 e. The number of amides is 1. The van der Waals surface area contributed by atoms with Gasteiger partial charge in [0.1, 0.15) is 0 Å². The van der Waals surface area contributed by atoms with Gasteiger partial charge in [-0.3, -0.25) is 4.79 Å². The average molecular weight is 343 g/mol. The van der Waals surface area contributed by atoms with Crippen LogP contribution in [0, 0.1) is 0 Å². The molecule has 5 heteroatoms. The molecule has 0 saturated carbocycles. The monoisotopic (exact) mass is 343 g/mol. The van der Waals surface area contributed by atoms with Gasteiger partial charge in [0.25, 0.3) is 5.91 Å². The van der Waals surface area contributed by atoms with Crippen LogP contribution in [0.2, 0.25) is 0 Å². The zero-order valence-corrected chi connectivity index (χ0v) is 14.9. The molecule has 5 nitrogen and oxygen atoms in total. The van der Waals surface area contributed by atoms with Gasteiger partial charge in [-0.15, -0.1) is 0 Å². The number of hydrogen-bond donors (Lipinski definition) is 2. The maximum atomic E-state index is 12.5. The van der Waals surface area contributed by atoms with E-state index in [0.29, 0.717) is 23.5 Å². The molecule has 0 heterocycles. The number of carbonyl (C=O) groups is 1. The lowest BCUT2D eigenvalue weighted by Crippen LogP contribution is -2.41. The molecule has 2 N–H and O–H groups in total. The SMILES string of the molecule is COc1cccc(C(=O)NCC(C)(O)CCc2ccccc2)c1OC. The van der Waals surface area contributed by atoms with Gasteiger partial charge in [0.2, 0.25) is 0 Å². The zero-order chi connectivity index (χ0) is 18.3. The van der Waals surface area contributed by atoms with Gasteiger partial charge >= 0.3 is 0 Å². The van der Waals surface area contributed by atoms with Crippen molar-refractivity contribution in [3.8, 4) is 11.5 Å². The first-order chi connectivity index (χ1) is 12.0. The van der Waals surface area contributed by atoms with E-state index >= 15 is 0 Å². The minimum Gasteiger partial charge on any atom is -0.493 e. The molecule has 25 heavy (non-hydrogen) atoms. The highest BCUT2D eigenvalue weighted by atomic mass is 16.5. The summed E-state index contributed by atoms with van der Waals surface area (Å²) in [5.74, 6) is 0.563. The Hall–Kier alpha value is -2.53. The molecule has 0 saturated heterocycles. The molecule has 2 rings (SSSR count).